The van der Waals surface area contributed by atoms with Crippen molar-refractivity contribution in [2.24, 2.45) is 18.9 Å². The Kier molecular flexibility index (Phi) is 5.33. The minimum absolute atomic E-state index is 0.211. The monoisotopic (exact) mass is 398 g/mol. The zero-order valence-electron chi connectivity index (χ0n) is 13.8. The zero-order chi connectivity index (χ0) is 19.9. The van der Waals surface area contributed by atoms with Gasteiger partial charge in [-0.05, 0) is 6.92 Å². The highest BCUT2D eigenvalue weighted by molar-refractivity contribution is 7.89. The zero-order valence-corrected chi connectivity index (χ0v) is 14.6. The van der Waals surface area contributed by atoms with E-state index in [9.17, 15) is 31.2 Å². The summed E-state index contributed by atoms with van der Waals surface area (Å²) in [5, 5.41) is 12.7. The van der Waals surface area contributed by atoms with Crippen molar-refractivity contribution in [3.63, 3.8) is 0 Å². The van der Waals surface area contributed by atoms with Gasteiger partial charge in [0.1, 0.15) is 4.90 Å². The van der Waals surface area contributed by atoms with Crippen LogP contribution in [-0.4, -0.2) is 65.4 Å². The number of carboxylic acid groups (broad SMARTS) is 1. The highest BCUT2D eigenvalue weighted by atomic mass is 32.2. The smallest absolute Gasteiger partial charge is 0.394 e. The second kappa shape index (κ2) is 6.87. The van der Waals surface area contributed by atoms with Crippen molar-refractivity contribution in [3.05, 3.63) is 12.4 Å². The van der Waals surface area contributed by atoms with Gasteiger partial charge in [0.15, 0.2) is 0 Å². The van der Waals surface area contributed by atoms with Gasteiger partial charge in [0.2, 0.25) is 15.9 Å². The quantitative estimate of drug-likeness (QED) is 0.709. The van der Waals surface area contributed by atoms with E-state index in [1.165, 1.54) is 24.9 Å². The van der Waals surface area contributed by atoms with Crippen molar-refractivity contribution in [3.8, 4) is 0 Å². The molecule has 2 rings (SSSR count). The molecule has 1 aromatic rings. The van der Waals surface area contributed by atoms with Crippen LogP contribution in [0.4, 0.5) is 13.2 Å². The number of aliphatic carboxylic acids is 1. The molecule has 0 saturated carbocycles. The van der Waals surface area contributed by atoms with Crippen LogP contribution < -0.4 is 4.72 Å². The molecule has 1 aromatic heterocycles. The van der Waals surface area contributed by atoms with E-state index in [0.29, 0.717) is 4.90 Å². The molecular weight excluding hydrogens is 381 g/mol. The molecule has 1 fully saturated rings. The molecule has 1 amide bonds. The first-order chi connectivity index (χ1) is 11.8. The third-order valence-corrected chi connectivity index (χ3v) is 5.56. The van der Waals surface area contributed by atoms with Gasteiger partial charge in [0.05, 0.1) is 24.1 Å². The molecule has 13 heteroatoms. The Morgan fingerprint density at radius 2 is 2.00 bits per heavy atom. The lowest BCUT2D eigenvalue weighted by Gasteiger charge is -2.22. The maximum Gasteiger partial charge on any atom is 0.394 e. The van der Waals surface area contributed by atoms with Crippen LogP contribution >= 0.6 is 0 Å². The summed E-state index contributed by atoms with van der Waals surface area (Å²) in [7, 11) is -2.62. The fourth-order valence-corrected chi connectivity index (χ4v) is 3.91. The first-order valence-corrected chi connectivity index (χ1v) is 8.90. The number of amides is 1. The molecule has 0 spiro atoms. The van der Waals surface area contributed by atoms with Gasteiger partial charge >= 0.3 is 12.1 Å². The Balaban J connectivity index is 2.12. The number of carbonyl (C=O) groups is 2. The topological polar surface area (TPSA) is 122 Å². The number of hydrogen-bond donors (Lipinski definition) is 2. The number of nitrogens with zero attached hydrogens (tertiary/aromatic N) is 3. The molecule has 0 aromatic carbocycles. The van der Waals surface area contributed by atoms with Crippen LogP contribution in [0, 0.1) is 11.8 Å². The first kappa shape index (κ1) is 20.2. The van der Waals surface area contributed by atoms with Gasteiger partial charge in [-0.25, -0.2) is 8.42 Å². The maximum absolute atomic E-state index is 13.0. The van der Waals surface area contributed by atoms with Gasteiger partial charge < -0.3 is 10.0 Å². The second-order valence-corrected chi connectivity index (χ2v) is 7.74. The summed E-state index contributed by atoms with van der Waals surface area (Å²) in [5.74, 6) is -6.59. The Labute approximate surface area is 146 Å². The van der Waals surface area contributed by atoms with Crippen molar-refractivity contribution in [2.45, 2.75) is 24.0 Å². The van der Waals surface area contributed by atoms with Crippen LogP contribution in [0.5, 0.6) is 0 Å². The third kappa shape index (κ3) is 4.15. The van der Waals surface area contributed by atoms with Crippen LogP contribution in [0.1, 0.15) is 6.92 Å². The predicted octanol–water partition coefficient (Wildman–Crippen LogP) is -0.192. The van der Waals surface area contributed by atoms with Crippen LogP contribution in [0.2, 0.25) is 0 Å². The molecule has 2 N–H and O–H groups in total. The van der Waals surface area contributed by atoms with Gasteiger partial charge in [-0.15, -0.1) is 0 Å². The number of aryl methyl sites for hydroxylation is 1. The third-order valence-electron chi connectivity index (χ3n) is 4.06. The molecular formula is C13H17F3N4O5S. The number of nitrogens with one attached hydrogen (secondary N) is 1. The van der Waals surface area contributed by atoms with E-state index >= 15 is 0 Å². The molecule has 9 nitrogen and oxygen atoms in total. The minimum atomic E-state index is -4.78. The largest absolute Gasteiger partial charge is 0.481 e. The molecule has 1 aliphatic heterocycles. The Bertz CT molecular complexity index is 807. The summed E-state index contributed by atoms with van der Waals surface area (Å²) >= 11 is 0. The number of carboxylic acids is 1. The van der Waals surface area contributed by atoms with Crippen molar-refractivity contribution in [1.29, 1.82) is 0 Å². The fraction of sp³-hybridized carbons (Fsp3) is 0.615. The van der Waals surface area contributed by atoms with Gasteiger partial charge in [-0.2, -0.15) is 23.0 Å². The number of halogens is 3. The molecule has 146 valence electrons. The lowest BCUT2D eigenvalue weighted by molar-refractivity contribution is -0.188. The van der Waals surface area contributed by atoms with Crippen LogP contribution in [0.3, 0.4) is 0 Å². The minimum Gasteiger partial charge on any atom is -0.481 e. The SMILES string of the molecule is CC(NS(=O)(=O)c1cnn(C)c1)C(=O)N1C[C@@H](C(F)(F)F)[C@H](C(=O)O)C1. The van der Waals surface area contributed by atoms with Crippen molar-refractivity contribution < 1.29 is 36.3 Å². The normalized spacial score (nSPS) is 22.4. The average molecular weight is 398 g/mol. The highest BCUT2D eigenvalue weighted by Gasteiger charge is 2.53. The number of likely N-dealkylation sites (tertiary alicyclic amines) is 1. The maximum atomic E-state index is 13.0. The van der Waals surface area contributed by atoms with E-state index in [1.807, 2.05) is 0 Å². The molecule has 1 saturated heterocycles. The summed E-state index contributed by atoms with van der Waals surface area (Å²) in [6.07, 6.45) is -2.54. The lowest BCUT2D eigenvalue weighted by Crippen LogP contribution is -2.46. The number of sulfonamides is 1. The molecule has 1 aliphatic rings. The Hall–Kier alpha value is -2.15. The van der Waals surface area contributed by atoms with Crippen molar-refractivity contribution in [2.75, 3.05) is 13.1 Å². The predicted molar refractivity (Wildman–Crippen MR) is 80.2 cm³/mol. The first-order valence-electron chi connectivity index (χ1n) is 7.42. The lowest BCUT2D eigenvalue weighted by atomic mass is 9.96. The molecule has 2 heterocycles. The van der Waals surface area contributed by atoms with Crippen molar-refractivity contribution in [1.82, 2.24) is 19.4 Å². The van der Waals surface area contributed by atoms with Crippen molar-refractivity contribution >= 4 is 21.9 Å². The molecule has 0 aliphatic carbocycles. The summed E-state index contributed by atoms with van der Waals surface area (Å²) in [6, 6.07) is -1.37. The number of hydrogen-bond acceptors (Lipinski definition) is 5. The molecule has 0 bridgehead atoms. The fourth-order valence-electron chi connectivity index (χ4n) is 2.73. The number of rotatable bonds is 5. The Morgan fingerprint density at radius 1 is 1.38 bits per heavy atom. The van der Waals surface area contributed by atoms with E-state index in [-0.39, 0.29) is 4.90 Å². The molecule has 3 atom stereocenters. The molecule has 0 radical (unpaired) electrons. The Morgan fingerprint density at radius 3 is 2.42 bits per heavy atom. The number of carbonyl (C=O) groups excluding carboxylic acids is 1. The van der Waals surface area contributed by atoms with Gasteiger partial charge in [0.25, 0.3) is 0 Å². The van der Waals surface area contributed by atoms with E-state index in [0.717, 1.165) is 6.20 Å². The molecule has 1 unspecified atom stereocenters. The van der Waals surface area contributed by atoms with E-state index in [1.54, 1.807) is 0 Å². The summed E-state index contributed by atoms with van der Waals surface area (Å²) in [5.41, 5.74) is 0. The van der Waals surface area contributed by atoms with Crippen LogP contribution in [-0.2, 0) is 26.7 Å². The standard InChI is InChI=1S/C13H17F3N4O5S/c1-7(18-26(24,25)8-3-17-19(2)4-8)11(21)20-5-9(12(22)23)10(6-20)13(14,15)16/h3-4,7,9-10,18H,5-6H2,1-2H3,(H,22,23)/t7?,9-,10-/m1/s1. The average Bonchev–Trinajstić information content (AvgIpc) is 3.12. The van der Waals surface area contributed by atoms with E-state index in [4.69, 9.17) is 5.11 Å². The second-order valence-electron chi connectivity index (χ2n) is 6.03. The summed E-state index contributed by atoms with van der Waals surface area (Å²) in [6.45, 7) is -0.303. The summed E-state index contributed by atoms with van der Waals surface area (Å²) in [4.78, 5) is 23.9. The number of alkyl halides is 3. The van der Waals surface area contributed by atoms with E-state index in [2.05, 4.69) is 9.82 Å². The van der Waals surface area contributed by atoms with E-state index < -0.39 is 59.0 Å². The van der Waals surface area contributed by atoms with Gasteiger partial charge in [0, 0.05) is 26.3 Å². The van der Waals surface area contributed by atoms with Gasteiger partial charge in [-0.1, -0.05) is 0 Å². The number of aromatic nitrogens is 2. The summed E-state index contributed by atoms with van der Waals surface area (Å²) < 4.78 is 66.6. The van der Waals surface area contributed by atoms with Crippen LogP contribution in [0.25, 0.3) is 0 Å². The highest BCUT2D eigenvalue weighted by Crippen LogP contribution is 2.37. The molecule has 26 heavy (non-hydrogen) atoms. The van der Waals surface area contributed by atoms with Gasteiger partial charge in [-0.3, -0.25) is 14.3 Å². The van der Waals surface area contributed by atoms with Crippen LogP contribution in [0.15, 0.2) is 17.3 Å².